The molecule has 0 atom stereocenters. The fourth-order valence-corrected chi connectivity index (χ4v) is 2.37. The smallest absolute Gasteiger partial charge is 0.346 e. The number of carbonyl (C=O) groups excluding carboxylic acids is 1. The number of nitrogens with one attached hydrogen (secondary N) is 1. The van der Waals surface area contributed by atoms with Crippen molar-refractivity contribution in [3.63, 3.8) is 0 Å². The first kappa shape index (κ1) is 17.5. The van der Waals surface area contributed by atoms with Gasteiger partial charge < -0.3 is 5.32 Å². The highest BCUT2D eigenvalue weighted by Crippen LogP contribution is 2.10. The Morgan fingerprint density at radius 1 is 1.19 bits per heavy atom. The van der Waals surface area contributed by atoms with E-state index in [1.54, 1.807) is 31.4 Å². The van der Waals surface area contributed by atoms with Gasteiger partial charge in [0.25, 0.3) is 5.91 Å². The molecule has 1 N–H and O–H groups in total. The predicted octanol–water partition coefficient (Wildman–Crippen LogP) is 1.35. The van der Waals surface area contributed by atoms with E-state index in [-0.39, 0.29) is 24.3 Å². The van der Waals surface area contributed by atoms with Crippen molar-refractivity contribution >= 4 is 5.91 Å². The van der Waals surface area contributed by atoms with Crippen LogP contribution in [0, 0.1) is 11.6 Å². The average Bonchev–Trinajstić information content (AvgIpc) is 2.93. The molecule has 26 heavy (non-hydrogen) atoms. The molecule has 2 heterocycles. The number of pyridine rings is 1. The number of aromatic nitrogens is 4. The van der Waals surface area contributed by atoms with Gasteiger partial charge in [0.05, 0.1) is 6.54 Å². The number of rotatable bonds is 5. The molecule has 3 rings (SSSR count). The normalized spacial score (nSPS) is 10.7. The maximum absolute atomic E-state index is 13.2. The molecular formula is C17H15F2N5O2. The van der Waals surface area contributed by atoms with Crippen LogP contribution in [0.15, 0.2) is 47.4 Å². The molecule has 0 bridgehead atoms. The van der Waals surface area contributed by atoms with Crippen LogP contribution in [0.25, 0.3) is 11.5 Å². The third kappa shape index (κ3) is 3.51. The standard InChI is InChI=1S/C17H15F2N5O2/c1-23-15(14-4-2-3-7-20-14)22-24(17(23)26)9-8-21-16(25)11-5-6-12(18)13(19)10-11/h2-7,10H,8-9H2,1H3,(H,21,25). The maximum Gasteiger partial charge on any atom is 0.346 e. The number of halogens is 2. The molecule has 1 amide bonds. The lowest BCUT2D eigenvalue weighted by molar-refractivity contribution is 0.0951. The van der Waals surface area contributed by atoms with Crippen molar-refractivity contribution in [3.05, 3.63) is 70.3 Å². The fourth-order valence-electron chi connectivity index (χ4n) is 2.37. The van der Waals surface area contributed by atoms with Crippen LogP contribution in [0.4, 0.5) is 8.78 Å². The van der Waals surface area contributed by atoms with E-state index in [4.69, 9.17) is 0 Å². The minimum atomic E-state index is -1.10. The highest BCUT2D eigenvalue weighted by molar-refractivity contribution is 5.94. The van der Waals surface area contributed by atoms with Crippen LogP contribution in [-0.2, 0) is 13.6 Å². The molecule has 1 aromatic carbocycles. The summed E-state index contributed by atoms with van der Waals surface area (Å²) in [5.41, 5.74) is 0.191. The Labute approximate surface area is 146 Å². The summed E-state index contributed by atoms with van der Waals surface area (Å²) in [6.45, 7) is 0.214. The van der Waals surface area contributed by atoms with E-state index < -0.39 is 17.5 Å². The first-order chi connectivity index (χ1) is 12.5. The lowest BCUT2D eigenvalue weighted by Crippen LogP contribution is -2.31. The van der Waals surface area contributed by atoms with Crippen molar-refractivity contribution in [2.45, 2.75) is 6.54 Å². The molecule has 0 radical (unpaired) electrons. The summed E-state index contributed by atoms with van der Waals surface area (Å²) in [5, 5.41) is 6.76. The number of nitrogens with zero attached hydrogens (tertiary/aromatic N) is 4. The fraction of sp³-hybridized carbons (Fsp3) is 0.176. The molecule has 0 aliphatic heterocycles. The lowest BCUT2D eigenvalue weighted by atomic mass is 10.2. The van der Waals surface area contributed by atoms with Crippen LogP contribution in [0.1, 0.15) is 10.4 Å². The van der Waals surface area contributed by atoms with E-state index >= 15 is 0 Å². The van der Waals surface area contributed by atoms with Crippen LogP contribution >= 0.6 is 0 Å². The van der Waals surface area contributed by atoms with E-state index in [1.807, 2.05) is 0 Å². The monoisotopic (exact) mass is 359 g/mol. The van der Waals surface area contributed by atoms with Crippen molar-refractivity contribution in [2.75, 3.05) is 6.54 Å². The Bertz CT molecular complexity index is 998. The third-order valence-electron chi connectivity index (χ3n) is 3.73. The second-order valence-electron chi connectivity index (χ2n) is 5.49. The van der Waals surface area contributed by atoms with Crippen LogP contribution in [0.5, 0.6) is 0 Å². The summed E-state index contributed by atoms with van der Waals surface area (Å²) >= 11 is 0. The first-order valence-electron chi connectivity index (χ1n) is 7.76. The summed E-state index contributed by atoms with van der Waals surface area (Å²) in [7, 11) is 1.58. The summed E-state index contributed by atoms with van der Waals surface area (Å²) in [6, 6.07) is 8.15. The molecule has 0 aliphatic rings. The van der Waals surface area contributed by atoms with Gasteiger partial charge in [0, 0.05) is 25.4 Å². The number of carbonyl (C=O) groups is 1. The Hall–Kier alpha value is -3.36. The van der Waals surface area contributed by atoms with Gasteiger partial charge in [-0.05, 0) is 30.3 Å². The van der Waals surface area contributed by atoms with Crippen molar-refractivity contribution in [2.24, 2.45) is 7.05 Å². The van der Waals surface area contributed by atoms with Gasteiger partial charge in [-0.1, -0.05) is 6.07 Å². The van der Waals surface area contributed by atoms with E-state index in [0.717, 1.165) is 12.1 Å². The highest BCUT2D eigenvalue weighted by Gasteiger charge is 2.13. The van der Waals surface area contributed by atoms with Gasteiger partial charge in [-0.15, -0.1) is 5.10 Å². The zero-order chi connectivity index (χ0) is 18.7. The van der Waals surface area contributed by atoms with Gasteiger partial charge in [0.15, 0.2) is 17.5 Å². The van der Waals surface area contributed by atoms with Gasteiger partial charge in [-0.3, -0.25) is 14.3 Å². The SMILES string of the molecule is Cn1c(-c2ccccn2)nn(CCNC(=O)c2ccc(F)c(F)c2)c1=O. The predicted molar refractivity (Wildman–Crippen MR) is 89.4 cm³/mol. The van der Waals surface area contributed by atoms with Crippen LogP contribution in [0.3, 0.4) is 0 Å². The molecular weight excluding hydrogens is 344 g/mol. The minimum absolute atomic E-state index is 0.00792. The van der Waals surface area contributed by atoms with Crippen molar-refractivity contribution < 1.29 is 13.6 Å². The first-order valence-corrected chi connectivity index (χ1v) is 7.76. The highest BCUT2D eigenvalue weighted by atomic mass is 19.2. The van der Waals surface area contributed by atoms with Crippen LogP contribution < -0.4 is 11.0 Å². The zero-order valence-electron chi connectivity index (χ0n) is 13.8. The van der Waals surface area contributed by atoms with Crippen molar-refractivity contribution in [3.8, 4) is 11.5 Å². The molecule has 0 unspecified atom stereocenters. The molecule has 0 fully saturated rings. The van der Waals surface area contributed by atoms with E-state index in [0.29, 0.717) is 11.5 Å². The number of hydrogen-bond acceptors (Lipinski definition) is 4. The van der Waals surface area contributed by atoms with Crippen molar-refractivity contribution in [1.82, 2.24) is 24.6 Å². The second-order valence-corrected chi connectivity index (χ2v) is 5.49. The van der Waals surface area contributed by atoms with Crippen LogP contribution in [-0.4, -0.2) is 31.8 Å². The molecule has 3 aromatic rings. The van der Waals surface area contributed by atoms with Gasteiger partial charge in [0.1, 0.15) is 5.69 Å². The topological polar surface area (TPSA) is 81.8 Å². The summed E-state index contributed by atoms with van der Waals surface area (Å²) < 4.78 is 28.6. The molecule has 9 heteroatoms. The molecule has 0 spiro atoms. The summed E-state index contributed by atoms with van der Waals surface area (Å²) in [5.74, 6) is -2.29. The van der Waals surface area contributed by atoms with Gasteiger partial charge in [0.2, 0.25) is 0 Å². The molecule has 2 aromatic heterocycles. The summed E-state index contributed by atoms with van der Waals surface area (Å²) in [6.07, 6.45) is 1.60. The van der Waals surface area contributed by atoms with E-state index in [1.165, 1.54) is 15.3 Å². The zero-order valence-corrected chi connectivity index (χ0v) is 13.8. The number of hydrogen-bond donors (Lipinski definition) is 1. The Kier molecular flexibility index (Phi) is 4.87. The molecule has 134 valence electrons. The van der Waals surface area contributed by atoms with Gasteiger partial charge in [-0.25, -0.2) is 18.3 Å². The van der Waals surface area contributed by atoms with E-state index in [9.17, 15) is 18.4 Å². The summed E-state index contributed by atoms with van der Waals surface area (Å²) in [4.78, 5) is 28.3. The Morgan fingerprint density at radius 3 is 2.69 bits per heavy atom. The molecule has 7 nitrogen and oxygen atoms in total. The molecule has 0 saturated carbocycles. The average molecular weight is 359 g/mol. The maximum atomic E-state index is 13.2. The minimum Gasteiger partial charge on any atom is -0.350 e. The third-order valence-corrected chi connectivity index (χ3v) is 3.73. The quantitative estimate of drug-likeness (QED) is 0.746. The Balaban J connectivity index is 1.68. The van der Waals surface area contributed by atoms with E-state index in [2.05, 4.69) is 15.4 Å². The van der Waals surface area contributed by atoms with Gasteiger partial charge in [-0.2, -0.15) is 0 Å². The molecule has 0 saturated heterocycles. The number of amides is 1. The Morgan fingerprint density at radius 2 is 2.00 bits per heavy atom. The van der Waals surface area contributed by atoms with Crippen LogP contribution in [0.2, 0.25) is 0 Å². The van der Waals surface area contributed by atoms with Gasteiger partial charge >= 0.3 is 5.69 Å². The largest absolute Gasteiger partial charge is 0.350 e. The lowest BCUT2D eigenvalue weighted by Gasteiger charge is -2.05. The van der Waals surface area contributed by atoms with Crippen molar-refractivity contribution in [1.29, 1.82) is 0 Å². The second kappa shape index (κ2) is 7.26. The molecule has 0 aliphatic carbocycles. The number of benzene rings is 1.